The zero-order valence-electron chi connectivity index (χ0n) is 11.3. The summed E-state index contributed by atoms with van der Waals surface area (Å²) in [5.74, 6) is -0.0299. The van der Waals surface area contributed by atoms with Gasteiger partial charge in [0, 0.05) is 12.0 Å². The van der Waals surface area contributed by atoms with Gasteiger partial charge in [-0.3, -0.25) is 0 Å². The summed E-state index contributed by atoms with van der Waals surface area (Å²) in [5, 5.41) is 3.50. The third-order valence-electron chi connectivity index (χ3n) is 4.15. The number of hydrogen-bond donors (Lipinski definition) is 1. The Morgan fingerprint density at radius 3 is 2.56 bits per heavy atom. The highest BCUT2D eigenvalue weighted by atomic mass is 19.1. The van der Waals surface area contributed by atoms with Crippen LogP contribution in [0.4, 0.5) is 4.39 Å². The molecule has 1 aromatic carbocycles. The van der Waals surface area contributed by atoms with Crippen LogP contribution in [0.25, 0.3) is 0 Å². The van der Waals surface area contributed by atoms with E-state index in [4.69, 9.17) is 0 Å². The molecule has 1 aromatic rings. The molecule has 100 valence electrons. The molecule has 1 N–H and O–H groups in total. The van der Waals surface area contributed by atoms with Crippen LogP contribution in [-0.2, 0) is 5.41 Å². The quantitative estimate of drug-likeness (QED) is 0.777. The van der Waals surface area contributed by atoms with Crippen molar-refractivity contribution in [2.24, 2.45) is 0 Å². The molecular formula is C16H24FN. The van der Waals surface area contributed by atoms with Gasteiger partial charge in [-0.1, -0.05) is 44.4 Å². The van der Waals surface area contributed by atoms with E-state index >= 15 is 0 Å². The SMILES string of the molecule is CCCNCC1(c2ccccc2F)CCCCC1. The highest BCUT2D eigenvalue weighted by Gasteiger charge is 2.35. The monoisotopic (exact) mass is 249 g/mol. The lowest BCUT2D eigenvalue weighted by atomic mass is 9.69. The van der Waals surface area contributed by atoms with Crippen molar-refractivity contribution >= 4 is 0 Å². The van der Waals surface area contributed by atoms with Crippen molar-refractivity contribution in [3.05, 3.63) is 35.6 Å². The van der Waals surface area contributed by atoms with Crippen molar-refractivity contribution in [1.82, 2.24) is 5.32 Å². The molecular weight excluding hydrogens is 225 g/mol. The maximum Gasteiger partial charge on any atom is 0.127 e. The lowest BCUT2D eigenvalue weighted by molar-refractivity contribution is 0.272. The molecule has 1 aliphatic carbocycles. The van der Waals surface area contributed by atoms with Gasteiger partial charge < -0.3 is 5.32 Å². The van der Waals surface area contributed by atoms with Gasteiger partial charge in [0.1, 0.15) is 5.82 Å². The highest BCUT2D eigenvalue weighted by molar-refractivity contribution is 5.28. The summed E-state index contributed by atoms with van der Waals surface area (Å²) < 4.78 is 14.1. The van der Waals surface area contributed by atoms with Gasteiger partial charge in [0.25, 0.3) is 0 Å². The minimum absolute atomic E-state index is 0.0266. The van der Waals surface area contributed by atoms with Gasteiger partial charge in [-0.15, -0.1) is 0 Å². The van der Waals surface area contributed by atoms with Crippen LogP contribution >= 0.6 is 0 Å². The van der Waals surface area contributed by atoms with Gasteiger partial charge in [-0.25, -0.2) is 4.39 Å². The van der Waals surface area contributed by atoms with Crippen molar-refractivity contribution in [3.63, 3.8) is 0 Å². The summed E-state index contributed by atoms with van der Waals surface area (Å²) in [6.07, 6.45) is 7.11. The van der Waals surface area contributed by atoms with Crippen LogP contribution in [0, 0.1) is 5.82 Å². The standard InChI is InChI=1S/C16H24FN/c1-2-12-18-13-16(10-6-3-7-11-16)14-8-4-5-9-15(14)17/h4-5,8-9,18H,2-3,6-7,10-13H2,1H3. The van der Waals surface area contributed by atoms with E-state index in [0.717, 1.165) is 37.9 Å². The molecule has 0 heterocycles. The zero-order chi connectivity index (χ0) is 12.8. The number of halogens is 1. The molecule has 0 spiro atoms. The maximum absolute atomic E-state index is 14.1. The third kappa shape index (κ3) is 2.92. The van der Waals surface area contributed by atoms with Gasteiger partial charge in [0.05, 0.1) is 0 Å². The highest BCUT2D eigenvalue weighted by Crippen LogP contribution is 2.40. The van der Waals surface area contributed by atoms with Crippen LogP contribution in [0.2, 0.25) is 0 Å². The average Bonchev–Trinajstić information content (AvgIpc) is 2.40. The first-order chi connectivity index (χ1) is 8.78. The Bertz CT molecular complexity index is 369. The zero-order valence-corrected chi connectivity index (χ0v) is 11.3. The molecule has 2 rings (SSSR count). The Balaban J connectivity index is 2.21. The second-order valence-electron chi connectivity index (χ2n) is 5.50. The van der Waals surface area contributed by atoms with Gasteiger partial charge in [-0.2, -0.15) is 0 Å². The van der Waals surface area contributed by atoms with Crippen LogP contribution in [0.5, 0.6) is 0 Å². The molecule has 0 radical (unpaired) electrons. The Morgan fingerprint density at radius 1 is 1.17 bits per heavy atom. The van der Waals surface area contributed by atoms with Crippen molar-refractivity contribution in [2.45, 2.75) is 50.9 Å². The Morgan fingerprint density at radius 2 is 1.89 bits per heavy atom. The van der Waals surface area contributed by atoms with E-state index < -0.39 is 0 Å². The number of hydrogen-bond acceptors (Lipinski definition) is 1. The molecule has 0 unspecified atom stereocenters. The Labute approximate surface area is 110 Å². The lowest BCUT2D eigenvalue weighted by Gasteiger charge is -2.38. The smallest absolute Gasteiger partial charge is 0.127 e. The lowest BCUT2D eigenvalue weighted by Crippen LogP contribution is -2.40. The van der Waals surface area contributed by atoms with E-state index in [1.54, 1.807) is 12.1 Å². The molecule has 0 amide bonds. The molecule has 1 aliphatic rings. The summed E-state index contributed by atoms with van der Waals surface area (Å²) in [6, 6.07) is 7.34. The topological polar surface area (TPSA) is 12.0 Å². The molecule has 1 saturated carbocycles. The molecule has 0 aromatic heterocycles. The molecule has 18 heavy (non-hydrogen) atoms. The molecule has 0 saturated heterocycles. The minimum Gasteiger partial charge on any atom is -0.316 e. The summed E-state index contributed by atoms with van der Waals surface area (Å²) in [7, 11) is 0. The summed E-state index contributed by atoms with van der Waals surface area (Å²) in [4.78, 5) is 0. The van der Waals surface area contributed by atoms with E-state index in [0.29, 0.717) is 0 Å². The molecule has 0 aliphatic heterocycles. The van der Waals surface area contributed by atoms with E-state index in [1.165, 1.54) is 19.3 Å². The van der Waals surface area contributed by atoms with Crippen molar-refractivity contribution < 1.29 is 4.39 Å². The van der Waals surface area contributed by atoms with E-state index in [9.17, 15) is 4.39 Å². The Kier molecular flexibility index (Phi) is 4.76. The average molecular weight is 249 g/mol. The van der Waals surface area contributed by atoms with Crippen LogP contribution in [0.1, 0.15) is 51.0 Å². The van der Waals surface area contributed by atoms with E-state index in [2.05, 4.69) is 12.2 Å². The van der Waals surface area contributed by atoms with Gasteiger partial charge >= 0.3 is 0 Å². The fourth-order valence-corrected chi connectivity index (χ4v) is 3.17. The third-order valence-corrected chi connectivity index (χ3v) is 4.15. The van der Waals surface area contributed by atoms with Crippen LogP contribution in [0.3, 0.4) is 0 Å². The normalized spacial score (nSPS) is 18.8. The van der Waals surface area contributed by atoms with Crippen molar-refractivity contribution in [1.29, 1.82) is 0 Å². The second kappa shape index (κ2) is 6.33. The number of nitrogens with one attached hydrogen (secondary N) is 1. The first-order valence-electron chi connectivity index (χ1n) is 7.24. The second-order valence-corrected chi connectivity index (χ2v) is 5.50. The fraction of sp³-hybridized carbons (Fsp3) is 0.625. The largest absolute Gasteiger partial charge is 0.316 e. The molecule has 0 atom stereocenters. The van der Waals surface area contributed by atoms with Gasteiger partial charge in [0.2, 0.25) is 0 Å². The van der Waals surface area contributed by atoms with Crippen LogP contribution in [-0.4, -0.2) is 13.1 Å². The van der Waals surface area contributed by atoms with Crippen molar-refractivity contribution in [2.75, 3.05) is 13.1 Å². The van der Waals surface area contributed by atoms with Gasteiger partial charge in [-0.05, 0) is 37.4 Å². The van der Waals surface area contributed by atoms with Crippen molar-refractivity contribution in [3.8, 4) is 0 Å². The van der Waals surface area contributed by atoms with Crippen LogP contribution < -0.4 is 5.32 Å². The molecule has 2 heteroatoms. The predicted molar refractivity (Wildman–Crippen MR) is 74.3 cm³/mol. The van der Waals surface area contributed by atoms with E-state index in [1.807, 2.05) is 12.1 Å². The first-order valence-corrected chi connectivity index (χ1v) is 7.24. The first kappa shape index (κ1) is 13.5. The molecule has 1 nitrogen and oxygen atoms in total. The van der Waals surface area contributed by atoms with Crippen LogP contribution in [0.15, 0.2) is 24.3 Å². The number of rotatable bonds is 5. The maximum atomic E-state index is 14.1. The number of benzene rings is 1. The van der Waals surface area contributed by atoms with E-state index in [-0.39, 0.29) is 11.2 Å². The minimum atomic E-state index is -0.0299. The predicted octanol–water partition coefficient (Wildman–Crippen LogP) is 4.03. The summed E-state index contributed by atoms with van der Waals surface area (Å²) >= 11 is 0. The van der Waals surface area contributed by atoms with Gasteiger partial charge in [0.15, 0.2) is 0 Å². The Hall–Kier alpha value is -0.890. The molecule has 0 bridgehead atoms. The summed E-state index contributed by atoms with van der Waals surface area (Å²) in [5.41, 5.74) is 0.951. The fourth-order valence-electron chi connectivity index (χ4n) is 3.17. The summed E-state index contributed by atoms with van der Waals surface area (Å²) in [6.45, 7) is 4.11. The molecule has 1 fully saturated rings.